The molecule has 0 spiro atoms. The topological polar surface area (TPSA) is 120 Å². The summed E-state index contributed by atoms with van der Waals surface area (Å²) in [5, 5.41) is 17.0. The zero-order chi connectivity index (χ0) is 26.2. The highest BCUT2D eigenvalue weighted by Gasteiger charge is 2.51. The van der Waals surface area contributed by atoms with Crippen LogP contribution in [0.15, 0.2) is 60.9 Å². The quantitative estimate of drug-likeness (QED) is 0.491. The number of hydrogen-bond donors (Lipinski definition) is 3. The van der Waals surface area contributed by atoms with Crippen LogP contribution in [-0.4, -0.2) is 51.6 Å². The molecule has 2 aliphatic rings. The summed E-state index contributed by atoms with van der Waals surface area (Å²) in [4.78, 5) is 37.7. The number of aliphatic hydroxyl groups is 1. The maximum atomic E-state index is 13.4. The Morgan fingerprint density at radius 3 is 2.68 bits per heavy atom. The van der Waals surface area contributed by atoms with Gasteiger partial charge in [0.25, 0.3) is 0 Å². The standard InChI is InChI=1S/C27H30N6O4/c1-26(2,3)37-25(35)29-16-18-5-4-6-19(15-18)21-7-8-22-23(31-21)33(27(36)11-14-32(22)17-27)24(34)30-20-9-12-28-13-10-20/h4-10,12-13,15,36H,11,14,16-17H2,1-3H3,(H,29,35)(H,28,30,34)/t27-/m1/s1. The van der Waals surface area contributed by atoms with Gasteiger partial charge < -0.3 is 25.4 Å². The lowest BCUT2D eigenvalue weighted by Crippen LogP contribution is -2.58. The summed E-state index contributed by atoms with van der Waals surface area (Å²) in [5.41, 5.74) is 1.76. The van der Waals surface area contributed by atoms with E-state index in [4.69, 9.17) is 9.72 Å². The molecule has 1 fully saturated rings. The number of benzene rings is 1. The molecule has 0 saturated carbocycles. The summed E-state index contributed by atoms with van der Waals surface area (Å²) in [7, 11) is 0. The van der Waals surface area contributed by atoms with Crippen molar-refractivity contribution in [1.29, 1.82) is 0 Å². The second-order valence-electron chi connectivity index (χ2n) is 10.3. The molecule has 10 heteroatoms. The van der Waals surface area contributed by atoms with Gasteiger partial charge in [0.1, 0.15) is 5.60 Å². The lowest BCUT2D eigenvalue weighted by atomic mass is 10.1. The van der Waals surface area contributed by atoms with E-state index in [0.717, 1.165) is 16.8 Å². The van der Waals surface area contributed by atoms with Gasteiger partial charge in [-0.15, -0.1) is 0 Å². The molecular weight excluding hydrogens is 472 g/mol. The second-order valence-corrected chi connectivity index (χ2v) is 10.3. The molecule has 3 amide bonds. The summed E-state index contributed by atoms with van der Waals surface area (Å²) in [6.07, 6.45) is 3.10. The molecule has 37 heavy (non-hydrogen) atoms. The Kier molecular flexibility index (Phi) is 6.20. The summed E-state index contributed by atoms with van der Waals surface area (Å²) < 4.78 is 5.31. The molecular formula is C27H30N6O4. The van der Waals surface area contributed by atoms with Crippen LogP contribution in [-0.2, 0) is 11.3 Å². The van der Waals surface area contributed by atoms with Crippen LogP contribution in [0.2, 0.25) is 0 Å². The van der Waals surface area contributed by atoms with Gasteiger partial charge in [0, 0.05) is 43.2 Å². The van der Waals surface area contributed by atoms with E-state index in [-0.39, 0.29) is 0 Å². The highest BCUT2D eigenvalue weighted by molar-refractivity contribution is 6.05. The number of urea groups is 1. The molecule has 0 radical (unpaired) electrons. The minimum atomic E-state index is -1.37. The van der Waals surface area contributed by atoms with Gasteiger partial charge in [-0.3, -0.25) is 4.98 Å². The maximum Gasteiger partial charge on any atom is 0.407 e. The molecule has 10 nitrogen and oxygen atoms in total. The highest BCUT2D eigenvalue weighted by atomic mass is 16.6. The van der Waals surface area contributed by atoms with Crippen LogP contribution in [0, 0.1) is 0 Å². The average molecular weight is 503 g/mol. The van der Waals surface area contributed by atoms with Crippen LogP contribution in [0.1, 0.15) is 32.8 Å². The number of amides is 3. The van der Waals surface area contributed by atoms with E-state index >= 15 is 0 Å². The number of fused-ring (bicyclic) bond motifs is 4. The number of pyridine rings is 2. The molecule has 3 aromatic rings. The number of hydrogen-bond acceptors (Lipinski definition) is 7. The van der Waals surface area contributed by atoms with Crippen molar-refractivity contribution in [3.63, 3.8) is 0 Å². The third-order valence-electron chi connectivity index (χ3n) is 6.24. The SMILES string of the molecule is CC(C)(C)OC(=O)NCc1cccc(-c2ccc3c(n2)N(C(=O)Nc2ccncc2)[C@@]2(O)CCN3C2)c1. The zero-order valence-electron chi connectivity index (χ0n) is 21.1. The van der Waals surface area contributed by atoms with Crippen molar-refractivity contribution < 1.29 is 19.4 Å². The molecule has 192 valence electrons. The average Bonchev–Trinajstić information content (AvgIpc) is 3.19. The van der Waals surface area contributed by atoms with Crippen molar-refractivity contribution in [3.05, 3.63) is 66.5 Å². The van der Waals surface area contributed by atoms with Crippen LogP contribution >= 0.6 is 0 Å². The Bertz CT molecular complexity index is 1330. The van der Waals surface area contributed by atoms with Crippen molar-refractivity contribution in [2.75, 3.05) is 28.2 Å². The van der Waals surface area contributed by atoms with Crippen LogP contribution in [0.3, 0.4) is 0 Å². The van der Waals surface area contributed by atoms with Gasteiger partial charge >= 0.3 is 12.1 Å². The number of carbonyl (C=O) groups is 2. The lowest BCUT2D eigenvalue weighted by molar-refractivity contribution is 0.0523. The number of alkyl carbamates (subject to hydrolysis) is 1. The molecule has 3 N–H and O–H groups in total. The highest BCUT2D eigenvalue weighted by Crippen LogP contribution is 2.44. The second kappa shape index (κ2) is 9.36. The number of nitrogens with one attached hydrogen (secondary N) is 2. The van der Waals surface area contributed by atoms with E-state index < -0.39 is 23.5 Å². The Labute approximate surface area is 215 Å². The van der Waals surface area contributed by atoms with Gasteiger partial charge in [-0.1, -0.05) is 18.2 Å². The van der Waals surface area contributed by atoms with Crippen molar-refractivity contribution in [2.45, 2.75) is 45.1 Å². The Morgan fingerprint density at radius 1 is 1.14 bits per heavy atom. The number of rotatable bonds is 4. The monoisotopic (exact) mass is 502 g/mol. The largest absolute Gasteiger partial charge is 0.444 e. The number of nitrogens with zero attached hydrogens (tertiary/aromatic N) is 4. The smallest absolute Gasteiger partial charge is 0.407 e. The van der Waals surface area contributed by atoms with Crippen molar-refractivity contribution >= 4 is 29.3 Å². The zero-order valence-corrected chi connectivity index (χ0v) is 21.1. The molecule has 2 bridgehead atoms. The number of carbonyl (C=O) groups excluding carboxylic acids is 2. The van der Waals surface area contributed by atoms with Crippen molar-refractivity contribution in [2.24, 2.45) is 0 Å². The minimum absolute atomic E-state index is 0.293. The minimum Gasteiger partial charge on any atom is -0.444 e. The molecule has 2 aliphatic heterocycles. The van der Waals surface area contributed by atoms with E-state index in [1.807, 2.05) is 62.1 Å². The Balaban J connectivity index is 1.42. The first kappa shape index (κ1) is 24.5. The molecule has 2 aromatic heterocycles. The van der Waals surface area contributed by atoms with E-state index in [1.165, 1.54) is 4.90 Å². The summed E-state index contributed by atoms with van der Waals surface area (Å²) in [5.74, 6) is 0.396. The molecule has 0 aliphatic carbocycles. The predicted molar refractivity (Wildman–Crippen MR) is 140 cm³/mol. The predicted octanol–water partition coefficient (Wildman–Crippen LogP) is 4.12. The molecule has 1 saturated heterocycles. The Morgan fingerprint density at radius 2 is 1.92 bits per heavy atom. The van der Waals surface area contributed by atoms with E-state index in [1.54, 1.807) is 24.5 Å². The third-order valence-corrected chi connectivity index (χ3v) is 6.24. The Hall–Kier alpha value is -4.18. The fraction of sp³-hybridized carbons (Fsp3) is 0.333. The van der Waals surface area contributed by atoms with Gasteiger partial charge in [-0.25, -0.2) is 19.5 Å². The first-order valence-corrected chi connectivity index (χ1v) is 12.2. The number of aromatic nitrogens is 2. The van der Waals surface area contributed by atoms with E-state index in [0.29, 0.717) is 43.3 Å². The lowest BCUT2D eigenvalue weighted by Gasteiger charge is -2.41. The molecule has 0 unspecified atom stereocenters. The molecule has 4 heterocycles. The van der Waals surface area contributed by atoms with Gasteiger partial charge in [0.05, 0.1) is 17.9 Å². The van der Waals surface area contributed by atoms with Gasteiger partial charge in [-0.2, -0.15) is 0 Å². The summed E-state index contributed by atoms with van der Waals surface area (Å²) in [6.45, 7) is 6.67. The first-order chi connectivity index (χ1) is 17.6. The van der Waals surface area contributed by atoms with E-state index in [2.05, 4.69) is 15.6 Å². The fourth-order valence-corrected chi connectivity index (χ4v) is 4.61. The normalized spacial score (nSPS) is 18.3. The fourth-order valence-electron chi connectivity index (χ4n) is 4.61. The van der Waals surface area contributed by atoms with Gasteiger partial charge in [-0.05, 0) is 56.7 Å². The number of anilines is 3. The first-order valence-electron chi connectivity index (χ1n) is 12.2. The summed E-state index contributed by atoms with van der Waals surface area (Å²) in [6, 6.07) is 14.4. The molecule has 5 rings (SSSR count). The summed E-state index contributed by atoms with van der Waals surface area (Å²) >= 11 is 0. The van der Waals surface area contributed by atoms with Gasteiger partial charge in [0.15, 0.2) is 11.5 Å². The van der Waals surface area contributed by atoms with Crippen molar-refractivity contribution in [3.8, 4) is 11.3 Å². The van der Waals surface area contributed by atoms with Crippen LogP contribution in [0.25, 0.3) is 11.3 Å². The molecule has 1 aromatic carbocycles. The van der Waals surface area contributed by atoms with E-state index in [9.17, 15) is 14.7 Å². The van der Waals surface area contributed by atoms with Gasteiger partial charge in [0.2, 0.25) is 0 Å². The van der Waals surface area contributed by atoms with Crippen LogP contribution in [0.4, 0.5) is 26.8 Å². The maximum absolute atomic E-state index is 13.4. The van der Waals surface area contributed by atoms with Crippen LogP contribution in [0.5, 0.6) is 0 Å². The molecule has 1 atom stereocenters. The van der Waals surface area contributed by atoms with Crippen molar-refractivity contribution in [1.82, 2.24) is 15.3 Å². The number of ether oxygens (including phenoxy) is 1. The van der Waals surface area contributed by atoms with Crippen LogP contribution < -0.4 is 20.4 Å². The third kappa shape index (κ3) is 5.19.